The van der Waals surface area contributed by atoms with Crippen molar-refractivity contribution in [3.63, 3.8) is 0 Å². The predicted molar refractivity (Wildman–Crippen MR) is 72.0 cm³/mol. The van der Waals surface area contributed by atoms with Crippen molar-refractivity contribution in [2.45, 2.75) is 12.5 Å². The number of rotatable bonds is 3. The molecule has 18 heavy (non-hydrogen) atoms. The first-order valence-electron chi connectivity index (χ1n) is 5.31. The number of pyridine rings is 1. The van der Waals surface area contributed by atoms with Crippen LogP contribution in [0.25, 0.3) is 0 Å². The highest BCUT2D eigenvalue weighted by Gasteiger charge is 2.17. The lowest BCUT2D eigenvalue weighted by Gasteiger charge is -2.13. The maximum atomic E-state index is 13.6. The molecule has 2 aromatic rings. The van der Waals surface area contributed by atoms with E-state index in [9.17, 15) is 9.50 Å². The van der Waals surface area contributed by atoms with Gasteiger partial charge in [0, 0.05) is 27.7 Å². The lowest BCUT2D eigenvalue weighted by atomic mass is 10.0. The van der Waals surface area contributed by atoms with Crippen molar-refractivity contribution in [2.24, 2.45) is 0 Å². The van der Waals surface area contributed by atoms with Gasteiger partial charge in [-0.2, -0.15) is 0 Å². The van der Waals surface area contributed by atoms with Crippen molar-refractivity contribution in [2.75, 3.05) is 0 Å². The number of nitrogens with zero attached hydrogens (tertiary/aromatic N) is 1. The van der Waals surface area contributed by atoms with Crippen LogP contribution in [0.3, 0.4) is 0 Å². The Hall–Kier alpha value is -0.970. The smallest absolute Gasteiger partial charge is 0.127 e. The molecule has 5 heteroatoms. The molecule has 0 amide bonds. The van der Waals surface area contributed by atoms with Gasteiger partial charge in [-0.05, 0) is 40.2 Å². The summed E-state index contributed by atoms with van der Waals surface area (Å²) in [7, 11) is 0. The number of hydrogen-bond donors (Lipinski definition) is 1. The summed E-state index contributed by atoms with van der Waals surface area (Å²) in [5.74, 6) is -0.423. The number of hydrogen-bond acceptors (Lipinski definition) is 2. The number of aromatic nitrogens is 1. The lowest BCUT2D eigenvalue weighted by Crippen LogP contribution is -2.06. The van der Waals surface area contributed by atoms with Crippen LogP contribution < -0.4 is 0 Å². The van der Waals surface area contributed by atoms with E-state index < -0.39 is 11.9 Å². The number of aliphatic hydroxyl groups excluding tert-OH is 1. The van der Waals surface area contributed by atoms with Crippen LogP contribution in [0.15, 0.2) is 41.0 Å². The Morgan fingerprint density at radius 2 is 2.11 bits per heavy atom. The standard InChI is InChI=1S/C13H10BrClFNO/c14-9-3-2-6-17-13(9)12(18)7-8-10(15)4-1-5-11(8)16/h1-6,12,18H,7H2. The largest absolute Gasteiger partial charge is 0.386 e. The molecule has 0 radical (unpaired) electrons. The lowest BCUT2D eigenvalue weighted by molar-refractivity contribution is 0.171. The first-order chi connectivity index (χ1) is 8.59. The van der Waals surface area contributed by atoms with Crippen molar-refractivity contribution >= 4 is 27.5 Å². The van der Waals surface area contributed by atoms with E-state index in [1.807, 2.05) is 0 Å². The molecule has 0 aliphatic rings. The minimum Gasteiger partial charge on any atom is -0.386 e. The molecule has 0 fully saturated rings. The molecule has 1 heterocycles. The SMILES string of the molecule is OC(Cc1c(F)cccc1Cl)c1ncccc1Br. The van der Waals surface area contributed by atoms with Crippen molar-refractivity contribution in [3.8, 4) is 0 Å². The van der Waals surface area contributed by atoms with Gasteiger partial charge in [0.1, 0.15) is 11.9 Å². The van der Waals surface area contributed by atoms with Crippen molar-refractivity contribution in [1.82, 2.24) is 4.98 Å². The van der Waals surface area contributed by atoms with Crippen LogP contribution in [0, 0.1) is 5.82 Å². The van der Waals surface area contributed by atoms with Gasteiger partial charge in [0.2, 0.25) is 0 Å². The predicted octanol–water partition coefficient (Wildman–Crippen LogP) is 3.91. The molecule has 2 nitrogen and oxygen atoms in total. The van der Waals surface area contributed by atoms with Gasteiger partial charge in [0.05, 0.1) is 5.69 Å². The molecule has 0 aliphatic heterocycles. The van der Waals surface area contributed by atoms with Gasteiger partial charge in [-0.15, -0.1) is 0 Å². The van der Waals surface area contributed by atoms with Crippen LogP contribution in [-0.2, 0) is 6.42 Å². The highest BCUT2D eigenvalue weighted by atomic mass is 79.9. The Balaban J connectivity index is 2.27. The molecule has 1 aromatic heterocycles. The second-order valence-electron chi connectivity index (χ2n) is 3.79. The molecular formula is C13H10BrClFNO. The zero-order valence-corrected chi connectivity index (χ0v) is 11.6. The first kappa shape index (κ1) is 13.5. The van der Waals surface area contributed by atoms with Crippen LogP contribution in [0.4, 0.5) is 4.39 Å². The maximum Gasteiger partial charge on any atom is 0.127 e. The van der Waals surface area contributed by atoms with E-state index in [1.165, 1.54) is 12.1 Å². The van der Waals surface area contributed by atoms with Gasteiger partial charge in [0.25, 0.3) is 0 Å². The third kappa shape index (κ3) is 2.88. The van der Waals surface area contributed by atoms with E-state index in [0.717, 1.165) is 0 Å². The topological polar surface area (TPSA) is 33.1 Å². The third-order valence-electron chi connectivity index (χ3n) is 2.56. The Kier molecular flexibility index (Phi) is 4.32. The Labute approximate surface area is 118 Å². The molecule has 1 aromatic carbocycles. The summed E-state index contributed by atoms with van der Waals surface area (Å²) in [6.07, 6.45) is 0.753. The molecular weight excluding hydrogens is 321 g/mol. The summed E-state index contributed by atoms with van der Waals surface area (Å²) < 4.78 is 14.3. The van der Waals surface area contributed by atoms with E-state index in [1.54, 1.807) is 24.4 Å². The van der Waals surface area contributed by atoms with Crippen LogP contribution in [-0.4, -0.2) is 10.1 Å². The summed E-state index contributed by atoms with van der Waals surface area (Å²) >= 11 is 9.22. The maximum absolute atomic E-state index is 13.6. The second kappa shape index (κ2) is 5.78. The fourth-order valence-corrected chi connectivity index (χ4v) is 2.42. The molecule has 1 atom stereocenters. The van der Waals surface area contributed by atoms with Gasteiger partial charge in [-0.25, -0.2) is 4.39 Å². The van der Waals surface area contributed by atoms with E-state index in [4.69, 9.17) is 11.6 Å². The van der Waals surface area contributed by atoms with Gasteiger partial charge < -0.3 is 5.11 Å². The van der Waals surface area contributed by atoms with Gasteiger partial charge >= 0.3 is 0 Å². The van der Waals surface area contributed by atoms with E-state index in [2.05, 4.69) is 20.9 Å². The van der Waals surface area contributed by atoms with Gasteiger partial charge in [-0.1, -0.05) is 17.7 Å². The van der Waals surface area contributed by atoms with Crippen molar-refractivity contribution < 1.29 is 9.50 Å². The van der Waals surface area contributed by atoms with E-state index >= 15 is 0 Å². The van der Waals surface area contributed by atoms with E-state index in [-0.39, 0.29) is 6.42 Å². The van der Waals surface area contributed by atoms with Crippen LogP contribution >= 0.6 is 27.5 Å². The average molecular weight is 331 g/mol. The number of benzene rings is 1. The van der Waals surface area contributed by atoms with Crippen molar-refractivity contribution in [3.05, 3.63) is 63.1 Å². The summed E-state index contributed by atoms with van der Waals surface area (Å²) in [4.78, 5) is 4.07. The molecule has 0 saturated heterocycles. The minimum atomic E-state index is -0.907. The Morgan fingerprint density at radius 3 is 2.78 bits per heavy atom. The Morgan fingerprint density at radius 1 is 1.33 bits per heavy atom. The third-order valence-corrected chi connectivity index (χ3v) is 3.59. The van der Waals surface area contributed by atoms with Gasteiger partial charge in [0.15, 0.2) is 0 Å². The molecule has 0 aliphatic carbocycles. The highest BCUT2D eigenvalue weighted by Crippen LogP contribution is 2.28. The monoisotopic (exact) mass is 329 g/mol. The van der Waals surface area contributed by atoms with Crippen molar-refractivity contribution in [1.29, 1.82) is 0 Å². The average Bonchev–Trinajstić information content (AvgIpc) is 2.34. The summed E-state index contributed by atoms with van der Waals surface area (Å²) in [5, 5.41) is 10.4. The zero-order chi connectivity index (χ0) is 13.1. The molecule has 1 unspecified atom stereocenters. The highest BCUT2D eigenvalue weighted by molar-refractivity contribution is 9.10. The first-order valence-corrected chi connectivity index (χ1v) is 6.48. The molecule has 0 spiro atoms. The van der Waals surface area contributed by atoms with Crippen LogP contribution in [0.2, 0.25) is 5.02 Å². The number of aliphatic hydroxyl groups is 1. The summed E-state index contributed by atoms with van der Waals surface area (Å²) in [6, 6.07) is 7.97. The number of halogens is 3. The zero-order valence-electron chi connectivity index (χ0n) is 9.28. The fraction of sp³-hybridized carbons (Fsp3) is 0.154. The van der Waals surface area contributed by atoms with Crippen LogP contribution in [0.1, 0.15) is 17.4 Å². The molecule has 1 N–H and O–H groups in total. The molecule has 94 valence electrons. The summed E-state index contributed by atoms with van der Waals surface area (Å²) in [6.45, 7) is 0. The fourth-order valence-electron chi connectivity index (χ4n) is 1.66. The Bertz CT molecular complexity index is 544. The van der Waals surface area contributed by atoms with Crippen LogP contribution in [0.5, 0.6) is 0 Å². The normalized spacial score (nSPS) is 12.4. The summed E-state index contributed by atoms with van der Waals surface area (Å²) in [5.41, 5.74) is 0.765. The quantitative estimate of drug-likeness (QED) is 0.925. The van der Waals surface area contributed by atoms with Gasteiger partial charge in [-0.3, -0.25) is 4.98 Å². The molecule has 0 saturated carbocycles. The molecule has 2 rings (SSSR count). The van der Waals surface area contributed by atoms with E-state index in [0.29, 0.717) is 20.8 Å². The minimum absolute atomic E-state index is 0.0844. The molecule has 0 bridgehead atoms. The second-order valence-corrected chi connectivity index (χ2v) is 5.05.